The maximum atomic E-state index is 10.0. The second-order valence-electron chi connectivity index (χ2n) is 2.38. The van der Waals surface area contributed by atoms with Crippen molar-refractivity contribution in [2.24, 2.45) is 0 Å². The zero-order valence-electron chi connectivity index (χ0n) is 9.47. The Labute approximate surface area is 107 Å². The van der Waals surface area contributed by atoms with Gasteiger partial charge >= 0.3 is 23.1 Å². The van der Waals surface area contributed by atoms with E-state index >= 15 is 0 Å². The zero-order chi connectivity index (χ0) is 11.8. The molecule has 0 saturated carbocycles. The summed E-state index contributed by atoms with van der Waals surface area (Å²) in [7, 11) is -6.83. The van der Waals surface area contributed by atoms with Crippen molar-refractivity contribution < 1.29 is 28.0 Å². The Balaban J connectivity index is -0.000000180. The van der Waals surface area contributed by atoms with Crippen molar-refractivity contribution in [1.82, 2.24) is 0 Å². The topological polar surface area (TPSA) is 98.7 Å². The van der Waals surface area contributed by atoms with Gasteiger partial charge in [0, 0.05) is 13.3 Å². The first-order chi connectivity index (χ1) is 6.12. The Hall–Kier alpha value is 1.07. The van der Waals surface area contributed by atoms with E-state index in [9.17, 15) is 18.9 Å². The molecule has 0 rings (SSSR count). The molecule has 0 heterocycles. The number of hydrogen-bond acceptors (Lipinski definition) is 6. The van der Waals surface area contributed by atoms with Crippen LogP contribution in [0.5, 0.6) is 0 Å². The molecule has 2 atom stereocenters. The van der Waals surface area contributed by atoms with Gasteiger partial charge in [-0.15, -0.1) is 0 Å². The van der Waals surface area contributed by atoms with Crippen LogP contribution in [-0.2, 0) is 18.2 Å². The van der Waals surface area contributed by atoms with Crippen LogP contribution in [0.25, 0.3) is 0 Å². The fraction of sp³-hybridized carbons (Fsp3) is 1.00. The summed E-state index contributed by atoms with van der Waals surface area (Å²) in [6, 6.07) is 0. The van der Waals surface area contributed by atoms with Crippen molar-refractivity contribution in [2.75, 3.05) is 26.5 Å². The average Bonchev–Trinajstić information content (AvgIpc) is 1.81. The van der Waals surface area contributed by atoms with Gasteiger partial charge in [-0.3, -0.25) is 0 Å². The fourth-order valence-corrected chi connectivity index (χ4v) is 1.41. The molecule has 9 heteroatoms. The van der Waals surface area contributed by atoms with Gasteiger partial charge in [0.05, 0.1) is 13.2 Å². The maximum Gasteiger partial charge on any atom is 2.00 e. The molecule has 15 heavy (non-hydrogen) atoms. The van der Waals surface area contributed by atoms with Crippen LogP contribution in [-0.4, -0.2) is 49.6 Å². The second kappa shape index (κ2) is 10.2. The molecule has 0 spiro atoms. The molecule has 0 saturated heterocycles. The molecule has 0 aliphatic rings. The molecule has 0 amide bonds. The molecular weight excluding hydrogens is 254 g/mol. The van der Waals surface area contributed by atoms with E-state index in [1.165, 1.54) is 0 Å². The fourth-order valence-electron chi connectivity index (χ4n) is 0.469. The van der Waals surface area contributed by atoms with Crippen molar-refractivity contribution in [3.05, 3.63) is 0 Å². The van der Waals surface area contributed by atoms with E-state index < -0.39 is 15.2 Å². The normalized spacial score (nSPS) is 17.5. The van der Waals surface area contributed by atoms with Crippen molar-refractivity contribution >= 4 is 38.2 Å². The number of rotatable bonds is 4. The first kappa shape index (κ1) is 21.4. The van der Waals surface area contributed by atoms with Crippen LogP contribution in [0.1, 0.15) is 13.8 Å². The summed E-state index contributed by atoms with van der Waals surface area (Å²) in [5.41, 5.74) is 0. The van der Waals surface area contributed by atoms with E-state index in [0.717, 1.165) is 13.3 Å². The van der Waals surface area contributed by atoms with E-state index in [1.807, 2.05) is 0 Å². The Bertz CT molecular complexity index is 198. The Morgan fingerprint density at radius 1 is 0.933 bits per heavy atom. The van der Waals surface area contributed by atoms with Gasteiger partial charge in [-0.05, 0) is 13.8 Å². The molecule has 0 aromatic carbocycles. The smallest absolute Gasteiger partial charge is 0.779 e. The monoisotopic (exact) mass is 270 g/mol. The Kier molecular flexibility index (Phi) is 14.6. The largest absolute Gasteiger partial charge is 2.00 e. The quantitative estimate of drug-likeness (QED) is 0.528. The van der Waals surface area contributed by atoms with Crippen LogP contribution in [0.2, 0.25) is 0 Å². The van der Waals surface area contributed by atoms with Crippen molar-refractivity contribution in [3.63, 3.8) is 0 Å². The predicted octanol–water partition coefficient (Wildman–Crippen LogP) is 0.0314. The van der Waals surface area contributed by atoms with Crippen LogP contribution in [0.15, 0.2) is 0 Å². The summed E-state index contributed by atoms with van der Waals surface area (Å²) in [6.45, 7) is 5.84. The molecule has 0 bridgehead atoms. The van der Waals surface area contributed by atoms with Gasteiger partial charge in [-0.25, -0.2) is 0 Å². The third kappa shape index (κ3) is 31.3. The minimum atomic E-state index is -3.42. The third-order valence-corrected chi connectivity index (χ3v) is 2.18. The SMILES string of the molecule is CCOP(C)(=O)[O-].CCOP(C)(=O)[O-].[Mg+2]. The second-order valence-corrected chi connectivity index (χ2v) is 5.98. The van der Waals surface area contributed by atoms with Crippen LogP contribution in [0, 0.1) is 0 Å². The van der Waals surface area contributed by atoms with E-state index in [0.29, 0.717) is 0 Å². The van der Waals surface area contributed by atoms with Crippen molar-refractivity contribution in [1.29, 1.82) is 0 Å². The van der Waals surface area contributed by atoms with Crippen LogP contribution in [0.3, 0.4) is 0 Å². The Morgan fingerprint density at radius 2 is 1.13 bits per heavy atom. The minimum absolute atomic E-state index is 0. The summed E-state index contributed by atoms with van der Waals surface area (Å²) in [4.78, 5) is 20.1. The summed E-state index contributed by atoms with van der Waals surface area (Å²) < 4.78 is 28.5. The molecule has 88 valence electrons. The van der Waals surface area contributed by atoms with E-state index in [1.54, 1.807) is 13.8 Å². The van der Waals surface area contributed by atoms with Gasteiger partial charge in [0.1, 0.15) is 15.2 Å². The first-order valence-corrected chi connectivity index (χ1v) is 7.96. The average molecular weight is 270 g/mol. The standard InChI is InChI=1S/2C3H9O3P.Mg/c2*1-3-6-7(2,4)5;/h2*3H2,1-2H3,(H,4,5);/q;;+2/p-2. The molecule has 0 aliphatic carbocycles. The summed E-state index contributed by atoms with van der Waals surface area (Å²) in [6.07, 6.45) is 0. The van der Waals surface area contributed by atoms with Gasteiger partial charge in [0.2, 0.25) is 0 Å². The number of hydrogen-bond donors (Lipinski definition) is 0. The first-order valence-electron chi connectivity index (χ1n) is 3.98. The van der Waals surface area contributed by atoms with Crippen molar-refractivity contribution in [2.45, 2.75) is 13.8 Å². The maximum absolute atomic E-state index is 10.0. The van der Waals surface area contributed by atoms with Gasteiger partial charge < -0.3 is 28.0 Å². The van der Waals surface area contributed by atoms with Gasteiger partial charge in [0.25, 0.3) is 0 Å². The van der Waals surface area contributed by atoms with Crippen LogP contribution in [0.4, 0.5) is 0 Å². The van der Waals surface area contributed by atoms with Gasteiger partial charge in [-0.2, -0.15) is 0 Å². The van der Waals surface area contributed by atoms with E-state index in [2.05, 4.69) is 9.05 Å². The van der Waals surface area contributed by atoms with Gasteiger partial charge in [-0.1, -0.05) is 0 Å². The molecule has 0 radical (unpaired) electrons. The molecule has 6 nitrogen and oxygen atoms in total. The van der Waals surface area contributed by atoms with Gasteiger partial charge in [0.15, 0.2) is 0 Å². The minimum Gasteiger partial charge on any atom is -0.779 e. The molecule has 0 aromatic heterocycles. The molecule has 0 fully saturated rings. The predicted molar refractivity (Wildman–Crippen MR) is 56.1 cm³/mol. The van der Waals surface area contributed by atoms with Crippen molar-refractivity contribution in [3.8, 4) is 0 Å². The molecular formula is C6H16MgO6P2. The molecule has 2 unspecified atom stereocenters. The Morgan fingerprint density at radius 3 is 1.13 bits per heavy atom. The molecule has 0 aliphatic heterocycles. The van der Waals surface area contributed by atoms with E-state index in [-0.39, 0.29) is 36.3 Å². The van der Waals surface area contributed by atoms with E-state index in [4.69, 9.17) is 0 Å². The zero-order valence-corrected chi connectivity index (χ0v) is 12.7. The summed E-state index contributed by atoms with van der Waals surface area (Å²) in [5, 5.41) is 0. The third-order valence-electron chi connectivity index (χ3n) is 0.727. The summed E-state index contributed by atoms with van der Waals surface area (Å²) in [5.74, 6) is 0. The molecule has 0 N–H and O–H groups in total. The summed E-state index contributed by atoms with van der Waals surface area (Å²) >= 11 is 0. The van der Waals surface area contributed by atoms with Crippen LogP contribution >= 0.6 is 15.2 Å². The van der Waals surface area contributed by atoms with Crippen LogP contribution < -0.4 is 9.79 Å². The molecule has 0 aromatic rings.